The average Bonchev–Trinajstić information content (AvgIpc) is 2.76. The normalized spacial score (nSPS) is 10.6. The Kier molecular flexibility index (Phi) is 1.54. The van der Waals surface area contributed by atoms with Crippen molar-refractivity contribution in [2.45, 2.75) is 0 Å². The van der Waals surface area contributed by atoms with E-state index in [2.05, 4.69) is 17.1 Å². The Bertz CT molecular complexity index is 686. The molecule has 2 nitrogen and oxygen atoms in total. The fourth-order valence-electron chi connectivity index (χ4n) is 1.94. The van der Waals surface area contributed by atoms with Crippen LogP contribution in [0.3, 0.4) is 0 Å². The van der Waals surface area contributed by atoms with Gasteiger partial charge in [0.25, 0.3) is 0 Å². The van der Waals surface area contributed by atoms with Gasteiger partial charge in [0.05, 0.1) is 11.6 Å². The van der Waals surface area contributed by atoms with Crippen LogP contribution in [0.2, 0.25) is 0 Å². The summed E-state index contributed by atoms with van der Waals surface area (Å²) < 4.78 is 0. The summed E-state index contributed by atoms with van der Waals surface area (Å²) in [6.45, 7) is 0. The van der Waals surface area contributed by atoms with E-state index in [9.17, 15) is 0 Å². The van der Waals surface area contributed by atoms with E-state index in [0.717, 1.165) is 10.9 Å². The second-order valence-electron chi connectivity index (χ2n) is 3.55. The zero-order valence-electron chi connectivity index (χ0n) is 7.99. The molecule has 0 saturated carbocycles. The van der Waals surface area contributed by atoms with Crippen LogP contribution in [0.5, 0.6) is 0 Å². The predicted octanol–water partition coefficient (Wildman–Crippen LogP) is 3.19. The molecule has 0 radical (unpaired) electrons. The Morgan fingerprint density at radius 2 is 1.93 bits per heavy atom. The number of nitrogens with one attached hydrogen (secondary N) is 1. The maximum absolute atomic E-state index is 8.81. The first-order valence-electron chi connectivity index (χ1n) is 4.78. The van der Waals surface area contributed by atoms with Crippen molar-refractivity contribution in [3.8, 4) is 6.07 Å². The maximum Gasteiger partial charge on any atom is 0.0991 e. The molecule has 1 heterocycles. The van der Waals surface area contributed by atoms with E-state index in [4.69, 9.17) is 5.26 Å². The fraction of sp³-hybridized carbons (Fsp3) is 0. The minimum absolute atomic E-state index is 0.706. The Morgan fingerprint density at radius 1 is 1.00 bits per heavy atom. The van der Waals surface area contributed by atoms with E-state index >= 15 is 0 Å². The number of hydrogen-bond acceptors (Lipinski definition) is 1. The molecule has 0 saturated heterocycles. The summed E-state index contributed by atoms with van der Waals surface area (Å²) >= 11 is 0. The van der Waals surface area contributed by atoms with Gasteiger partial charge in [-0.3, -0.25) is 0 Å². The number of H-pyrrole nitrogens is 1. The molecule has 0 atom stereocenters. The molecule has 2 aromatic carbocycles. The van der Waals surface area contributed by atoms with Gasteiger partial charge in [0.2, 0.25) is 0 Å². The van der Waals surface area contributed by atoms with E-state index in [1.807, 2.05) is 36.5 Å². The molecule has 0 fully saturated rings. The molecule has 1 N–H and O–H groups in total. The van der Waals surface area contributed by atoms with Gasteiger partial charge in [-0.2, -0.15) is 5.26 Å². The zero-order chi connectivity index (χ0) is 10.3. The summed E-state index contributed by atoms with van der Waals surface area (Å²) in [6.07, 6.45) is 1.93. The molecule has 70 valence electrons. The van der Waals surface area contributed by atoms with Crippen LogP contribution in [-0.4, -0.2) is 4.98 Å². The summed E-state index contributed by atoms with van der Waals surface area (Å²) in [5.41, 5.74) is 1.84. The zero-order valence-corrected chi connectivity index (χ0v) is 7.99. The third-order valence-electron chi connectivity index (χ3n) is 2.68. The van der Waals surface area contributed by atoms with Crippen molar-refractivity contribution in [1.82, 2.24) is 4.98 Å². The number of benzene rings is 2. The van der Waals surface area contributed by atoms with Gasteiger partial charge in [0, 0.05) is 17.1 Å². The molecule has 0 spiro atoms. The molecule has 0 aliphatic heterocycles. The van der Waals surface area contributed by atoms with Gasteiger partial charge in [-0.05, 0) is 35.0 Å². The SMILES string of the molecule is N#Cc1ccc2c(ccc3[nH]ccc32)c1. The number of rotatable bonds is 0. The first kappa shape index (κ1) is 8.07. The minimum atomic E-state index is 0.706. The summed E-state index contributed by atoms with van der Waals surface area (Å²) in [5, 5.41) is 12.3. The molecule has 15 heavy (non-hydrogen) atoms. The molecule has 0 bridgehead atoms. The van der Waals surface area contributed by atoms with Crippen LogP contribution in [0.15, 0.2) is 42.6 Å². The Labute approximate surface area is 86.8 Å². The monoisotopic (exact) mass is 192 g/mol. The van der Waals surface area contributed by atoms with Crippen molar-refractivity contribution in [3.05, 3.63) is 48.2 Å². The Hall–Kier alpha value is -2.27. The standard InChI is InChI=1S/C13H8N2/c14-8-9-1-3-11-10(7-9)2-4-13-12(11)5-6-15-13/h1-7,15H. The van der Waals surface area contributed by atoms with Crippen molar-refractivity contribution in [3.63, 3.8) is 0 Å². The number of nitriles is 1. The smallest absolute Gasteiger partial charge is 0.0991 e. The van der Waals surface area contributed by atoms with Crippen LogP contribution in [-0.2, 0) is 0 Å². The number of nitrogens with zero attached hydrogens (tertiary/aromatic N) is 1. The van der Waals surface area contributed by atoms with Gasteiger partial charge in [0.1, 0.15) is 0 Å². The lowest BCUT2D eigenvalue weighted by Crippen LogP contribution is -1.77. The number of aromatic nitrogens is 1. The summed E-state index contributed by atoms with van der Waals surface area (Å²) in [4.78, 5) is 3.18. The molecule has 3 aromatic rings. The summed E-state index contributed by atoms with van der Waals surface area (Å²) in [5.74, 6) is 0. The Balaban J connectivity index is 2.50. The highest BCUT2D eigenvalue weighted by Crippen LogP contribution is 2.25. The second-order valence-corrected chi connectivity index (χ2v) is 3.55. The van der Waals surface area contributed by atoms with Gasteiger partial charge in [-0.1, -0.05) is 12.1 Å². The first-order chi connectivity index (χ1) is 7.38. The van der Waals surface area contributed by atoms with E-state index in [0.29, 0.717) is 5.56 Å². The molecule has 3 rings (SSSR count). The van der Waals surface area contributed by atoms with Gasteiger partial charge in [-0.25, -0.2) is 0 Å². The van der Waals surface area contributed by atoms with Crippen molar-refractivity contribution in [1.29, 1.82) is 5.26 Å². The number of fused-ring (bicyclic) bond motifs is 3. The van der Waals surface area contributed by atoms with Crippen LogP contribution >= 0.6 is 0 Å². The van der Waals surface area contributed by atoms with Crippen molar-refractivity contribution in [2.24, 2.45) is 0 Å². The Morgan fingerprint density at radius 3 is 2.80 bits per heavy atom. The molecular formula is C13H8N2. The van der Waals surface area contributed by atoms with Crippen LogP contribution in [0.1, 0.15) is 5.56 Å². The van der Waals surface area contributed by atoms with Crippen LogP contribution in [0.25, 0.3) is 21.7 Å². The van der Waals surface area contributed by atoms with Crippen molar-refractivity contribution < 1.29 is 0 Å². The number of hydrogen-bond donors (Lipinski definition) is 1. The third-order valence-corrected chi connectivity index (χ3v) is 2.68. The van der Waals surface area contributed by atoms with Crippen LogP contribution in [0, 0.1) is 11.3 Å². The minimum Gasteiger partial charge on any atom is -0.361 e. The van der Waals surface area contributed by atoms with Gasteiger partial charge >= 0.3 is 0 Å². The average molecular weight is 192 g/mol. The predicted molar refractivity (Wildman–Crippen MR) is 60.5 cm³/mol. The fourth-order valence-corrected chi connectivity index (χ4v) is 1.94. The largest absolute Gasteiger partial charge is 0.361 e. The quantitative estimate of drug-likeness (QED) is 0.583. The molecular weight excluding hydrogens is 184 g/mol. The van der Waals surface area contributed by atoms with Crippen LogP contribution in [0.4, 0.5) is 0 Å². The summed E-state index contributed by atoms with van der Waals surface area (Å²) in [6, 6.07) is 14.1. The maximum atomic E-state index is 8.81. The lowest BCUT2D eigenvalue weighted by molar-refractivity contribution is 1.48. The highest BCUT2D eigenvalue weighted by Gasteiger charge is 2.01. The summed E-state index contributed by atoms with van der Waals surface area (Å²) in [7, 11) is 0. The van der Waals surface area contributed by atoms with Crippen LogP contribution < -0.4 is 0 Å². The molecule has 0 unspecified atom stereocenters. The van der Waals surface area contributed by atoms with E-state index in [-0.39, 0.29) is 0 Å². The lowest BCUT2D eigenvalue weighted by atomic mass is 10.0. The second kappa shape index (κ2) is 2.86. The van der Waals surface area contributed by atoms with Crippen molar-refractivity contribution >= 4 is 21.7 Å². The molecule has 1 aromatic heterocycles. The lowest BCUT2D eigenvalue weighted by Gasteiger charge is -1.99. The van der Waals surface area contributed by atoms with Gasteiger partial charge < -0.3 is 4.98 Å². The van der Waals surface area contributed by atoms with E-state index in [1.54, 1.807) is 0 Å². The molecule has 0 aliphatic rings. The molecule has 0 aliphatic carbocycles. The topological polar surface area (TPSA) is 39.6 Å². The number of aromatic amines is 1. The van der Waals surface area contributed by atoms with Gasteiger partial charge in [0.15, 0.2) is 0 Å². The third kappa shape index (κ3) is 1.10. The molecule has 0 amide bonds. The van der Waals surface area contributed by atoms with E-state index in [1.165, 1.54) is 10.8 Å². The van der Waals surface area contributed by atoms with E-state index < -0.39 is 0 Å². The highest BCUT2D eigenvalue weighted by atomic mass is 14.7. The molecule has 2 heteroatoms. The highest BCUT2D eigenvalue weighted by molar-refractivity contribution is 6.06. The van der Waals surface area contributed by atoms with Crippen molar-refractivity contribution in [2.75, 3.05) is 0 Å². The van der Waals surface area contributed by atoms with Gasteiger partial charge in [-0.15, -0.1) is 0 Å². The first-order valence-corrected chi connectivity index (χ1v) is 4.78.